The number of aromatic nitrogens is 5. The summed E-state index contributed by atoms with van der Waals surface area (Å²) in [5, 5.41) is 14.3. The van der Waals surface area contributed by atoms with E-state index in [0.717, 1.165) is 5.52 Å². The Kier molecular flexibility index (Phi) is 1.18. The zero-order chi connectivity index (χ0) is 7.84. The van der Waals surface area contributed by atoms with Gasteiger partial charge in [0.2, 0.25) is 5.65 Å². The van der Waals surface area contributed by atoms with E-state index in [-0.39, 0.29) is 0 Å². The number of nitrogens with zero attached hydrogens (tertiary/aromatic N) is 4. The van der Waals surface area contributed by atoms with Gasteiger partial charge in [0.05, 0.1) is 6.20 Å². The van der Waals surface area contributed by atoms with Gasteiger partial charge >= 0.3 is 0 Å². The first-order valence-electron chi connectivity index (χ1n) is 3.53. The molecule has 1 N–H and O–H groups in total. The molecular weight excluding hydrogens is 142 g/mol. The minimum absolute atomic E-state index is 0.373. The summed E-state index contributed by atoms with van der Waals surface area (Å²) in [4.78, 5) is 0. The van der Waals surface area contributed by atoms with E-state index >= 15 is 0 Å². The molecule has 58 valence electrons. The summed E-state index contributed by atoms with van der Waals surface area (Å²) in [7, 11) is 0. The van der Waals surface area contributed by atoms with Crippen molar-refractivity contribution in [3.63, 3.8) is 0 Å². The Labute approximate surface area is 63.4 Å². The number of H-pyrrole nitrogens is 1. The molecule has 0 radical (unpaired) electrons. The summed E-state index contributed by atoms with van der Waals surface area (Å²) < 4.78 is 1.86. The molecule has 0 aliphatic carbocycles. The predicted octanol–water partition coefficient (Wildman–Crippen LogP) is 0.735. The first kappa shape index (κ1) is 6.33. The van der Waals surface area contributed by atoms with E-state index in [1.807, 2.05) is 10.9 Å². The van der Waals surface area contributed by atoms with Crippen molar-refractivity contribution in [3.8, 4) is 0 Å². The van der Waals surface area contributed by atoms with Crippen LogP contribution in [0.2, 0.25) is 0 Å². The van der Waals surface area contributed by atoms with Gasteiger partial charge in [-0.1, -0.05) is 5.21 Å². The van der Waals surface area contributed by atoms with Crippen molar-refractivity contribution < 1.29 is 0 Å². The van der Waals surface area contributed by atoms with Gasteiger partial charge in [0, 0.05) is 6.04 Å². The van der Waals surface area contributed by atoms with Crippen LogP contribution in [0, 0.1) is 0 Å². The molecule has 2 aromatic heterocycles. The lowest BCUT2D eigenvalue weighted by atomic mass is 10.4. The van der Waals surface area contributed by atoms with Crippen LogP contribution in [0.3, 0.4) is 0 Å². The highest BCUT2D eigenvalue weighted by molar-refractivity contribution is 5.67. The van der Waals surface area contributed by atoms with Gasteiger partial charge in [0.1, 0.15) is 5.52 Å². The minimum Gasteiger partial charge on any atom is -0.266 e. The highest BCUT2D eigenvalue weighted by atomic mass is 15.4. The molecule has 0 aliphatic rings. The van der Waals surface area contributed by atoms with E-state index in [1.54, 1.807) is 0 Å². The molecule has 5 heteroatoms. The summed E-state index contributed by atoms with van der Waals surface area (Å²) in [6.45, 7) is 4.14. The van der Waals surface area contributed by atoms with Crippen molar-refractivity contribution in [1.29, 1.82) is 0 Å². The number of rotatable bonds is 1. The second-order valence-electron chi connectivity index (χ2n) is 2.75. The Morgan fingerprint density at radius 3 is 3.00 bits per heavy atom. The monoisotopic (exact) mass is 151 g/mol. The van der Waals surface area contributed by atoms with Crippen LogP contribution in [-0.4, -0.2) is 25.2 Å². The van der Waals surface area contributed by atoms with Crippen molar-refractivity contribution in [3.05, 3.63) is 6.20 Å². The molecule has 0 saturated carbocycles. The standard InChI is InChI=1S/C6H9N5/c1-4(2)11-3-5-6(9-11)8-10-7-5/h3-4H,1-2H3,(H,7,8,9). The summed E-state index contributed by atoms with van der Waals surface area (Å²) in [6, 6.07) is 0.373. The zero-order valence-electron chi connectivity index (χ0n) is 6.44. The summed E-state index contributed by atoms with van der Waals surface area (Å²) in [5.74, 6) is 0. The maximum atomic E-state index is 4.18. The van der Waals surface area contributed by atoms with Gasteiger partial charge in [-0.05, 0) is 13.8 Å². The molecule has 0 saturated heterocycles. The smallest absolute Gasteiger partial charge is 0.222 e. The Morgan fingerprint density at radius 2 is 2.36 bits per heavy atom. The van der Waals surface area contributed by atoms with E-state index < -0.39 is 0 Å². The third kappa shape index (κ3) is 0.886. The fourth-order valence-electron chi connectivity index (χ4n) is 0.926. The Hall–Kier alpha value is -1.39. The summed E-state index contributed by atoms with van der Waals surface area (Å²) in [5.41, 5.74) is 1.57. The molecule has 2 aromatic rings. The van der Waals surface area contributed by atoms with Crippen LogP contribution in [0.25, 0.3) is 11.2 Å². The molecule has 0 unspecified atom stereocenters. The molecule has 0 spiro atoms. The first-order chi connectivity index (χ1) is 5.27. The fraction of sp³-hybridized carbons (Fsp3) is 0.500. The lowest BCUT2D eigenvalue weighted by Gasteiger charge is -2.01. The molecular formula is C6H9N5. The Morgan fingerprint density at radius 1 is 1.55 bits per heavy atom. The van der Waals surface area contributed by atoms with Crippen LogP contribution in [0.1, 0.15) is 19.9 Å². The molecule has 5 nitrogen and oxygen atoms in total. The lowest BCUT2D eigenvalue weighted by molar-refractivity contribution is 0.535. The van der Waals surface area contributed by atoms with Crippen LogP contribution < -0.4 is 0 Å². The van der Waals surface area contributed by atoms with Crippen LogP contribution in [0.15, 0.2) is 6.20 Å². The molecule has 2 heterocycles. The maximum Gasteiger partial charge on any atom is 0.222 e. The van der Waals surface area contributed by atoms with Crippen LogP contribution >= 0.6 is 0 Å². The van der Waals surface area contributed by atoms with Crippen LogP contribution in [-0.2, 0) is 0 Å². The van der Waals surface area contributed by atoms with E-state index in [0.29, 0.717) is 11.7 Å². The van der Waals surface area contributed by atoms with Gasteiger partial charge < -0.3 is 0 Å². The van der Waals surface area contributed by atoms with E-state index in [2.05, 4.69) is 34.4 Å². The number of nitrogens with one attached hydrogen (secondary N) is 1. The largest absolute Gasteiger partial charge is 0.266 e. The Bertz CT molecular complexity index is 329. The van der Waals surface area contributed by atoms with Crippen molar-refractivity contribution in [1.82, 2.24) is 25.2 Å². The average Bonchev–Trinajstić information content (AvgIpc) is 2.40. The third-order valence-electron chi connectivity index (χ3n) is 1.56. The lowest BCUT2D eigenvalue weighted by Crippen LogP contribution is -2.00. The van der Waals surface area contributed by atoms with Crippen LogP contribution in [0.4, 0.5) is 0 Å². The highest BCUT2D eigenvalue weighted by Crippen LogP contribution is 2.08. The summed E-state index contributed by atoms with van der Waals surface area (Å²) in [6.07, 6.45) is 1.90. The number of aromatic amines is 1. The second kappa shape index (κ2) is 2.05. The molecule has 0 atom stereocenters. The van der Waals surface area contributed by atoms with Crippen LogP contribution in [0.5, 0.6) is 0 Å². The van der Waals surface area contributed by atoms with E-state index in [9.17, 15) is 0 Å². The maximum absolute atomic E-state index is 4.18. The third-order valence-corrected chi connectivity index (χ3v) is 1.56. The molecule has 11 heavy (non-hydrogen) atoms. The number of hydrogen-bond acceptors (Lipinski definition) is 3. The van der Waals surface area contributed by atoms with Gasteiger partial charge in [-0.25, -0.2) is 0 Å². The molecule has 2 rings (SSSR count). The predicted molar refractivity (Wildman–Crippen MR) is 40.1 cm³/mol. The quantitative estimate of drug-likeness (QED) is 0.653. The molecule has 0 aromatic carbocycles. The van der Waals surface area contributed by atoms with Gasteiger partial charge in [-0.3, -0.25) is 9.78 Å². The van der Waals surface area contributed by atoms with Crippen molar-refractivity contribution in [2.24, 2.45) is 0 Å². The van der Waals surface area contributed by atoms with Crippen molar-refractivity contribution >= 4 is 11.2 Å². The topological polar surface area (TPSA) is 59.4 Å². The normalized spacial score (nSPS) is 11.5. The minimum atomic E-state index is 0.373. The van der Waals surface area contributed by atoms with E-state index in [4.69, 9.17) is 0 Å². The number of hydrogen-bond donors (Lipinski definition) is 1. The molecule has 0 amide bonds. The van der Waals surface area contributed by atoms with Gasteiger partial charge in [-0.2, -0.15) is 0 Å². The van der Waals surface area contributed by atoms with Gasteiger partial charge in [0.25, 0.3) is 0 Å². The zero-order valence-corrected chi connectivity index (χ0v) is 6.44. The first-order valence-corrected chi connectivity index (χ1v) is 3.53. The van der Waals surface area contributed by atoms with Crippen molar-refractivity contribution in [2.75, 3.05) is 0 Å². The molecule has 0 bridgehead atoms. The van der Waals surface area contributed by atoms with Gasteiger partial charge in [0.15, 0.2) is 0 Å². The highest BCUT2D eigenvalue weighted by Gasteiger charge is 2.04. The SMILES string of the molecule is CC(C)n1cc2[nH]nnc2n1. The second-order valence-corrected chi connectivity index (χ2v) is 2.75. The Balaban J connectivity index is 2.58. The van der Waals surface area contributed by atoms with Crippen molar-refractivity contribution in [2.45, 2.75) is 19.9 Å². The number of fused-ring (bicyclic) bond motifs is 1. The van der Waals surface area contributed by atoms with Gasteiger partial charge in [-0.15, -0.1) is 10.2 Å². The van der Waals surface area contributed by atoms with E-state index in [1.165, 1.54) is 0 Å². The molecule has 0 aliphatic heterocycles. The average molecular weight is 151 g/mol. The summed E-state index contributed by atoms with van der Waals surface area (Å²) >= 11 is 0. The fourth-order valence-corrected chi connectivity index (χ4v) is 0.926. The molecule has 0 fully saturated rings.